The first-order chi connectivity index (χ1) is 7.72. The Morgan fingerprint density at radius 1 is 1.56 bits per heavy atom. The first-order valence-corrected chi connectivity index (χ1v) is 6.59. The lowest BCUT2D eigenvalue weighted by Crippen LogP contribution is -2.33. The van der Waals surface area contributed by atoms with Gasteiger partial charge in [0.05, 0.1) is 12.6 Å². The Balaban J connectivity index is 2.09. The molecule has 16 heavy (non-hydrogen) atoms. The summed E-state index contributed by atoms with van der Waals surface area (Å²) in [7, 11) is 1.75. The van der Waals surface area contributed by atoms with Crippen LogP contribution in [0, 0.1) is 6.92 Å². The normalized spacial score (nSPS) is 26.4. The van der Waals surface area contributed by atoms with E-state index in [4.69, 9.17) is 10.5 Å². The van der Waals surface area contributed by atoms with Crippen molar-refractivity contribution in [1.29, 1.82) is 0 Å². The van der Waals surface area contributed by atoms with Gasteiger partial charge in [-0.2, -0.15) is 0 Å². The molecule has 1 aliphatic rings. The van der Waals surface area contributed by atoms with E-state index in [1.807, 2.05) is 11.3 Å². The summed E-state index contributed by atoms with van der Waals surface area (Å²) in [5.41, 5.74) is 6.21. The summed E-state index contributed by atoms with van der Waals surface area (Å²) in [5, 5.41) is 0. The Kier molecular flexibility index (Phi) is 3.97. The summed E-state index contributed by atoms with van der Waals surface area (Å²) in [6.07, 6.45) is 1.09. The summed E-state index contributed by atoms with van der Waals surface area (Å²) < 4.78 is 5.15. The quantitative estimate of drug-likeness (QED) is 0.872. The molecule has 2 N–H and O–H groups in total. The zero-order valence-corrected chi connectivity index (χ0v) is 10.8. The molecule has 1 aromatic heterocycles. The van der Waals surface area contributed by atoms with Crippen molar-refractivity contribution in [3.63, 3.8) is 0 Å². The van der Waals surface area contributed by atoms with E-state index in [9.17, 15) is 0 Å². The smallest absolute Gasteiger partial charge is 0.0594 e. The third kappa shape index (κ3) is 2.46. The standard InChI is InChI=1S/C12H20N2OS/c1-9-3-4-11(16-9)12-10(13)5-6-14(12)7-8-15-2/h3-4,10,12H,5-8,13H2,1-2H3. The molecule has 0 saturated carbocycles. The molecule has 2 rings (SSSR count). The number of nitrogens with two attached hydrogens (primary N) is 1. The van der Waals surface area contributed by atoms with Crippen LogP contribution in [0.5, 0.6) is 0 Å². The molecule has 2 unspecified atom stereocenters. The van der Waals surface area contributed by atoms with E-state index in [0.29, 0.717) is 6.04 Å². The van der Waals surface area contributed by atoms with Crippen LogP contribution in [0.25, 0.3) is 0 Å². The predicted octanol–water partition coefficient (Wildman–Crippen LogP) is 1.78. The van der Waals surface area contributed by atoms with Crippen LogP contribution in [-0.4, -0.2) is 37.7 Å². The lowest BCUT2D eigenvalue weighted by molar-refractivity contribution is 0.140. The summed E-state index contributed by atoms with van der Waals surface area (Å²) in [6.45, 7) is 5.00. The van der Waals surface area contributed by atoms with Crippen molar-refractivity contribution >= 4 is 11.3 Å². The van der Waals surface area contributed by atoms with Gasteiger partial charge in [0.1, 0.15) is 0 Å². The van der Waals surface area contributed by atoms with Gasteiger partial charge in [-0.15, -0.1) is 11.3 Å². The fourth-order valence-corrected chi connectivity index (χ4v) is 3.43. The number of likely N-dealkylation sites (tertiary alicyclic amines) is 1. The van der Waals surface area contributed by atoms with Gasteiger partial charge >= 0.3 is 0 Å². The highest BCUT2D eigenvalue weighted by Crippen LogP contribution is 2.34. The summed E-state index contributed by atoms with van der Waals surface area (Å²) in [4.78, 5) is 5.21. The van der Waals surface area contributed by atoms with Crippen molar-refractivity contribution < 1.29 is 4.74 Å². The first-order valence-electron chi connectivity index (χ1n) is 5.77. The molecule has 1 fully saturated rings. The van der Waals surface area contributed by atoms with E-state index in [1.54, 1.807) is 7.11 Å². The zero-order valence-electron chi connectivity index (χ0n) is 9.98. The second-order valence-electron chi connectivity index (χ2n) is 4.37. The van der Waals surface area contributed by atoms with Crippen LogP contribution < -0.4 is 5.73 Å². The maximum atomic E-state index is 6.21. The second-order valence-corrected chi connectivity index (χ2v) is 5.69. The van der Waals surface area contributed by atoms with Crippen LogP contribution in [0.15, 0.2) is 12.1 Å². The number of nitrogens with zero attached hydrogens (tertiary/aromatic N) is 1. The van der Waals surface area contributed by atoms with Gasteiger partial charge in [0, 0.05) is 36.0 Å². The second kappa shape index (κ2) is 5.27. The maximum absolute atomic E-state index is 6.21. The highest BCUT2D eigenvalue weighted by Gasteiger charge is 2.33. The van der Waals surface area contributed by atoms with Gasteiger partial charge in [-0.3, -0.25) is 4.90 Å². The van der Waals surface area contributed by atoms with Crippen LogP contribution in [-0.2, 0) is 4.74 Å². The van der Waals surface area contributed by atoms with Crippen molar-refractivity contribution in [2.75, 3.05) is 26.8 Å². The highest BCUT2D eigenvalue weighted by atomic mass is 32.1. The molecule has 0 aromatic carbocycles. The van der Waals surface area contributed by atoms with Crippen LogP contribution in [0.3, 0.4) is 0 Å². The average molecular weight is 240 g/mol. The number of thiophene rings is 1. The Bertz CT molecular complexity index is 340. The van der Waals surface area contributed by atoms with Crippen molar-refractivity contribution in [3.8, 4) is 0 Å². The Labute approximate surface area is 101 Å². The number of rotatable bonds is 4. The van der Waals surface area contributed by atoms with Gasteiger partial charge in [-0.25, -0.2) is 0 Å². The minimum atomic E-state index is 0.273. The molecule has 4 heteroatoms. The minimum absolute atomic E-state index is 0.273. The van der Waals surface area contributed by atoms with Crippen molar-refractivity contribution in [2.24, 2.45) is 5.73 Å². The number of ether oxygens (including phenoxy) is 1. The lowest BCUT2D eigenvalue weighted by atomic mass is 10.1. The molecule has 1 saturated heterocycles. The summed E-state index contributed by atoms with van der Waals surface area (Å²) in [6, 6.07) is 5.07. The van der Waals surface area contributed by atoms with Crippen LogP contribution >= 0.6 is 11.3 Å². The summed E-state index contributed by atoms with van der Waals surface area (Å²) in [5.74, 6) is 0. The Morgan fingerprint density at radius 3 is 3.00 bits per heavy atom. The van der Waals surface area contributed by atoms with Gasteiger partial charge in [-0.1, -0.05) is 0 Å². The third-order valence-electron chi connectivity index (χ3n) is 3.18. The molecule has 2 heterocycles. The molecule has 0 spiro atoms. The van der Waals surface area contributed by atoms with Gasteiger partial charge in [-0.05, 0) is 25.5 Å². The van der Waals surface area contributed by atoms with Crippen molar-refractivity contribution in [2.45, 2.75) is 25.4 Å². The molecule has 0 bridgehead atoms. The van der Waals surface area contributed by atoms with Gasteiger partial charge in [0.25, 0.3) is 0 Å². The largest absolute Gasteiger partial charge is 0.383 e. The molecule has 3 nitrogen and oxygen atoms in total. The molecule has 0 aliphatic carbocycles. The topological polar surface area (TPSA) is 38.5 Å². The van der Waals surface area contributed by atoms with E-state index < -0.39 is 0 Å². The third-order valence-corrected chi connectivity index (χ3v) is 4.26. The first kappa shape index (κ1) is 12.0. The molecule has 1 aliphatic heterocycles. The Hall–Kier alpha value is -0.420. The number of methoxy groups -OCH3 is 1. The van der Waals surface area contributed by atoms with Gasteiger partial charge < -0.3 is 10.5 Å². The molecule has 0 radical (unpaired) electrons. The van der Waals surface area contributed by atoms with E-state index >= 15 is 0 Å². The monoisotopic (exact) mass is 240 g/mol. The Morgan fingerprint density at radius 2 is 2.38 bits per heavy atom. The number of hydrogen-bond acceptors (Lipinski definition) is 4. The molecule has 90 valence electrons. The van der Waals surface area contributed by atoms with E-state index in [-0.39, 0.29) is 6.04 Å². The molecule has 1 aromatic rings. The van der Waals surface area contributed by atoms with Crippen molar-refractivity contribution in [3.05, 3.63) is 21.9 Å². The SMILES string of the molecule is COCCN1CCC(N)C1c1ccc(C)s1. The van der Waals surface area contributed by atoms with Crippen LogP contribution in [0.4, 0.5) is 0 Å². The van der Waals surface area contributed by atoms with Crippen molar-refractivity contribution in [1.82, 2.24) is 4.90 Å². The molecular weight excluding hydrogens is 220 g/mol. The van der Waals surface area contributed by atoms with E-state index in [2.05, 4.69) is 24.0 Å². The molecular formula is C12H20N2OS. The number of aryl methyl sites for hydroxylation is 1. The molecule has 2 atom stereocenters. The maximum Gasteiger partial charge on any atom is 0.0594 e. The highest BCUT2D eigenvalue weighted by molar-refractivity contribution is 7.12. The summed E-state index contributed by atoms with van der Waals surface area (Å²) >= 11 is 1.86. The molecule has 0 amide bonds. The fraction of sp³-hybridized carbons (Fsp3) is 0.667. The minimum Gasteiger partial charge on any atom is -0.383 e. The predicted molar refractivity (Wildman–Crippen MR) is 67.8 cm³/mol. The average Bonchev–Trinajstić information content (AvgIpc) is 2.82. The van der Waals surface area contributed by atoms with Crippen LogP contribution in [0.1, 0.15) is 22.2 Å². The zero-order chi connectivity index (χ0) is 11.5. The number of hydrogen-bond donors (Lipinski definition) is 1. The lowest BCUT2D eigenvalue weighted by Gasteiger charge is -2.25. The van der Waals surface area contributed by atoms with Gasteiger partial charge in [0.15, 0.2) is 0 Å². The van der Waals surface area contributed by atoms with Gasteiger partial charge in [0.2, 0.25) is 0 Å². The van der Waals surface area contributed by atoms with E-state index in [1.165, 1.54) is 9.75 Å². The van der Waals surface area contributed by atoms with E-state index in [0.717, 1.165) is 26.1 Å². The fourth-order valence-electron chi connectivity index (χ4n) is 2.35. The van der Waals surface area contributed by atoms with Crippen LogP contribution in [0.2, 0.25) is 0 Å².